The molecule has 0 saturated carbocycles. The van der Waals surface area contributed by atoms with Gasteiger partial charge in [-0.15, -0.1) is 0 Å². The number of aryl methyl sites for hydroxylation is 1. The molecule has 6 heteroatoms. The Bertz CT molecular complexity index is 524. The number of H-pyrrole nitrogens is 1. The van der Waals surface area contributed by atoms with Gasteiger partial charge in [-0.2, -0.15) is 4.98 Å². The Morgan fingerprint density at radius 3 is 2.86 bits per heavy atom. The number of anilines is 1. The number of hydrogen-bond acceptors (Lipinski definition) is 4. The Morgan fingerprint density at radius 2 is 2.21 bits per heavy atom. The van der Waals surface area contributed by atoms with Gasteiger partial charge in [-0.05, 0) is 0 Å². The van der Waals surface area contributed by atoms with E-state index < -0.39 is 0 Å². The standard InChI is InChI=1S/C8H11N5O/c1-12(2)8-10-6-5(7(14)11-8)9-4-13(6)3/h4H,1-3H3,(H,10,11,14). The van der Waals surface area contributed by atoms with E-state index in [9.17, 15) is 4.79 Å². The number of aromatic nitrogens is 4. The molecule has 0 amide bonds. The molecule has 0 atom stereocenters. The molecule has 0 aliphatic carbocycles. The molecular weight excluding hydrogens is 182 g/mol. The van der Waals surface area contributed by atoms with E-state index in [0.29, 0.717) is 17.1 Å². The minimum atomic E-state index is -0.209. The fourth-order valence-electron chi connectivity index (χ4n) is 1.22. The van der Waals surface area contributed by atoms with Gasteiger partial charge in [0.25, 0.3) is 5.56 Å². The van der Waals surface area contributed by atoms with E-state index in [-0.39, 0.29) is 5.56 Å². The lowest BCUT2D eigenvalue weighted by atomic mass is 10.5. The quantitative estimate of drug-likeness (QED) is 0.676. The van der Waals surface area contributed by atoms with E-state index in [1.54, 1.807) is 22.8 Å². The van der Waals surface area contributed by atoms with Gasteiger partial charge in [-0.25, -0.2) is 4.98 Å². The molecule has 0 radical (unpaired) electrons. The van der Waals surface area contributed by atoms with Gasteiger partial charge in [0.15, 0.2) is 11.2 Å². The number of aromatic amines is 1. The molecule has 14 heavy (non-hydrogen) atoms. The third kappa shape index (κ3) is 1.15. The molecule has 0 unspecified atom stereocenters. The molecule has 0 aromatic carbocycles. The van der Waals surface area contributed by atoms with Gasteiger partial charge < -0.3 is 9.47 Å². The Morgan fingerprint density at radius 1 is 1.50 bits per heavy atom. The predicted molar refractivity (Wildman–Crippen MR) is 53.5 cm³/mol. The molecule has 2 rings (SSSR count). The highest BCUT2D eigenvalue weighted by Crippen LogP contribution is 2.07. The van der Waals surface area contributed by atoms with E-state index in [1.165, 1.54) is 0 Å². The summed E-state index contributed by atoms with van der Waals surface area (Å²) in [5.74, 6) is 0.533. The Kier molecular flexibility index (Phi) is 1.77. The molecule has 74 valence electrons. The van der Waals surface area contributed by atoms with E-state index in [1.807, 2.05) is 14.1 Å². The number of hydrogen-bond donors (Lipinski definition) is 1. The molecule has 0 aliphatic rings. The zero-order chi connectivity index (χ0) is 10.3. The first-order valence-corrected chi connectivity index (χ1v) is 4.18. The van der Waals surface area contributed by atoms with Crippen molar-refractivity contribution in [2.45, 2.75) is 0 Å². The zero-order valence-corrected chi connectivity index (χ0v) is 8.27. The van der Waals surface area contributed by atoms with Gasteiger partial charge in [-0.3, -0.25) is 9.78 Å². The SMILES string of the molecule is CN(C)c1nc2c(ncn2C)c(=O)[nH]1. The van der Waals surface area contributed by atoms with Crippen molar-refractivity contribution < 1.29 is 0 Å². The van der Waals surface area contributed by atoms with Crippen LogP contribution in [0, 0.1) is 0 Å². The molecule has 2 aromatic heterocycles. The summed E-state index contributed by atoms with van der Waals surface area (Å²) in [5.41, 5.74) is 0.759. The van der Waals surface area contributed by atoms with Crippen LogP contribution in [0.5, 0.6) is 0 Å². The van der Waals surface area contributed by atoms with Crippen molar-refractivity contribution in [2.75, 3.05) is 19.0 Å². The van der Waals surface area contributed by atoms with Crippen LogP contribution in [0.15, 0.2) is 11.1 Å². The molecule has 0 spiro atoms. The van der Waals surface area contributed by atoms with Crippen molar-refractivity contribution in [1.29, 1.82) is 0 Å². The van der Waals surface area contributed by atoms with Gasteiger partial charge in [-0.1, -0.05) is 0 Å². The maximum absolute atomic E-state index is 11.5. The summed E-state index contributed by atoms with van der Waals surface area (Å²) in [6.07, 6.45) is 1.58. The molecule has 1 N–H and O–H groups in total. The molecular formula is C8H11N5O. The largest absolute Gasteiger partial charge is 0.348 e. The van der Waals surface area contributed by atoms with Crippen LogP contribution in [0.1, 0.15) is 0 Å². The van der Waals surface area contributed by atoms with Crippen molar-refractivity contribution in [3.8, 4) is 0 Å². The van der Waals surface area contributed by atoms with Gasteiger partial charge in [0.1, 0.15) is 0 Å². The highest BCUT2D eigenvalue weighted by Gasteiger charge is 2.08. The van der Waals surface area contributed by atoms with Crippen molar-refractivity contribution >= 4 is 17.1 Å². The summed E-state index contributed by atoms with van der Waals surface area (Å²) < 4.78 is 1.72. The molecule has 2 heterocycles. The zero-order valence-electron chi connectivity index (χ0n) is 8.27. The molecule has 0 fully saturated rings. The average molecular weight is 193 g/mol. The van der Waals surface area contributed by atoms with E-state index in [2.05, 4.69) is 15.0 Å². The summed E-state index contributed by atoms with van der Waals surface area (Å²) in [6, 6.07) is 0. The molecule has 0 aliphatic heterocycles. The van der Waals surface area contributed by atoms with E-state index in [4.69, 9.17) is 0 Å². The minimum absolute atomic E-state index is 0.209. The number of fused-ring (bicyclic) bond motifs is 1. The fourth-order valence-corrected chi connectivity index (χ4v) is 1.22. The maximum Gasteiger partial charge on any atom is 0.280 e. The van der Waals surface area contributed by atoms with E-state index in [0.717, 1.165) is 0 Å². The molecule has 6 nitrogen and oxygen atoms in total. The molecule has 2 aromatic rings. The predicted octanol–water partition coefficient (Wildman–Crippen LogP) is -0.277. The summed E-state index contributed by atoms with van der Waals surface area (Å²) in [4.78, 5) is 24.1. The first kappa shape index (κ1) is 8.74. The number of nitrogens with zero attached hydrogens (tertiary/aromatic N) is 4. The van der Waals surface area contributed by atoms with E-state index >= 15 is 0 Å². The Balaban J connectivity index is 2.82. The van der Waals surface area contributed by atoms with Crippen LogP contribution < -0.4 is 10.5 Å². The van der Waals surface area contributed by atoms with Crippen molar-refractivity contribution in [3.63, 3.8) is 0 Å². The number of rotatable bonds is 1. The summed E-state index contributed by atoms with van der Waals surface area (Å²) in [5, 5.41) is 0. The van der Waals surface area contributed by atoms with Crippen LogP contribution in [0.3, 0.4) is 0 Å². The lowest BCUT2D eigenvalue weighted by Crippen LogP contribution is -2.19. The topological polar surface area (TPSA) is 66.8 Å². The van der Waals surface area contributed by atoms with Gasteiger partial charge >= 0.3 is 0 Å². The minimum Gasteiger partial charge on any atom is -0.348 e. The van der Waals surface area contributed by atoms with Crippen LogP contribution >= 0.6 is 0 Å². The average Bonchev–Trinajstić information content (AvgIpc) is 2.48. The van der Waals surface area contributed by atoms with Crippen LogP contribution in [0.25, 0.3) is 11.2 Å². The second kappa shape index (κ2) is 2.83. The lowest BCUT2D eigenvalue weighted by Gasteiger charge is -2.09. The van der Waals surface area contributed by atoms with Crippen LogP contribution in [0.4, 0.5) is 5.95 Å². The van der Waals surface area contributed by atoms with Crippen LogP contribution in [-0.4, -0.2) is 33.6 Å². The smallest absolute Gasteiger partial charge is 0.280 e. The van der Waals surface area contributed by atoms with Crippen LogP contribution in [0.2, 0.25) is 0 Å². The van der Waals surface area contributed by atoms with Crippen LogP contribution in [-0.2, 0) is 7.05 Å². The third-order valence-electron chi connectivity index (χ3n) is 1.98. The van der Waals surface area contributed by atoms with Gasteiger partial charge in [0, 0.05) is 21.1 Å². The summed E-state index contributed by atoms with van der Waals surface area (Å²) in [7, 11) is 5.45. The lowest BCUT2D eigenvalue weighted by molar-refractivity contribution is 0.916. The first-order chi connectivity index (χ1) is 6.59. The second-order valence-corrected chi connectivity index (χ2v) is 3.31. The summed E-state index contributed by atoms with van der Waals surface area (Å²) in [6.45, 7) is 0. The first-order valence-electron chi connectivity index (χ1n) is 4.18. The third-order valence-corrected chi connectivity index (χ3v) is 1.98. The van der Waals surface area contributed by atoms with Crippen molar-refractivity contribution in [2.24, 2.45) is 7.05 Å². The Labute approximate surface area is 80.2 Å². The van der Waals surface area contributed by atoms with Crippen molar-refractivity contribution in [3.05, 3.63) is 16.7 Å². The highest BCUT2D eigenvalue weighted by atomic mass is 16.1. The second-order valence-electron chi connectivity index (χ2n) is 3.31. The number of imidazole rings is 1. The molecule has 0 saturated heterocycles. The molecule has 0 bridgehead atoms. The summed E-state index contributed by atoms with van der Waals surface area (Å²) >= 11 is 0. The maximum atomic E-state index is 11.5. The van der Waals surface area contributed by atoms with Crippen molar-refractivity contribution in [1.82, 2.24) is 19.5 Å². The van der Waals surface area contributed by atoms with Gasteiger partial charge in [0.2, 0.25) is 5.95 Å². The Hall–Kier alpha value is -1.85. The van der Waals surface area contributed by atoms with Gasteiger partial charge in [0.05, 0.1) is 6.33 Å². The fraction of sp³-hybridized carbons (Fsp3) is 0.375. The normalized spacial score (nSPS) is 10.8. The number of nitrogens with one attached hydrogen (secondary N) is 1. The monoisotopic (exact) mass is 193 g/mol. The highest BCUT2D eigenvalue weighted by molar-refractivity contribution is 5.70.